The number of piperidine rings is 1. The van der Waals surface area contributed by atoms with Gasteiger partial charge >= 0.3 is 6.18 Å². The quantitative estimate of drug-likeness (QED) is 0.754. The third kappa shape index (κ3) is 5.09. The van der Waals surface area contributed by atoms with E-state index >= 15 is 0 Å². The minimum absolute atomic E-state index is 0.588. The lowest BCUT2D eigenvalue weighted by Crippen LogP contribution is -2.31. The molecule has 1 aromatic carbocycles. The maximum Gasteiger partial charge on any atom is 0.416 e. The predicted molar refractivity (Wildman–Crippen MR) is 93.0 cm³/mol. The lowest BCUT2D eigenvalue weighted by atomic mass is 9.98. The van der Waals surface area contributed by atoms with Crippen LogP contribution in [0.1, 0.15) is 18.4 Å². The van der Waals surface area contributed by atoms with Crippen LogP contribution in [0.4, 0.5) is 30.2 Å². The van der Waals surface area contributed by atoms with Crippen molar-refractivity contribution in [1.82, 2.24) is 10.3 Å². The van der Waals surface area contributed by atoms with Gasteiger partial charge in [-0.05, 0) is 62.2 Å². The Morgan fingerprint density at radius 1 is 1.00 bits per heavy atom. The van der Waals surface area contributed by atoms with E-state index in [1.165, 1.54) is 12.1 Å². The van der Waals surface area contributed by atoms with Crippen LogP contribution in [0.2, 0.25) is 0 Å². The van der Waals surface area contributed by atoms with E-state index in [4.69, 9.17) is 0 Å². The SMILES string of the molecule is FC(F)(F)c1ccc(Nc2cncc(NCC3CCNCC3)c2)cc1. The number of halogens is 3. The highest BCUT2D eigenvalue weighted by Crippen LogP contribution is 2.30. The summed E-state index contributed by atoms with van der Waals surface area (Å²) in [5.74, 6) is 0.646. The zero-order chi connectivity index (χ0) is 17.7. The van der Waals surface area contributed by atoms with Gasteiger partial charge < -0.3 is 16.0 Å². The summed E-state index contributed by atoms with van der Waals surface area (Å²) in [5, 5.41) is 9.81. The van der Waals surface area contributed by atoms with Crippen LogP contribution in [0, 0.1) is 5.92 Å². The Morgan fingerprint density at radius 2 is 1.68 bits per heavy atom. The predicted octanol–water partition coefficient (Wildman–Crippen LogP) is 4.26. The van der Waals surface area contributed by atoms with Crippen LogP contribution in [-0.2, 0) is 6.18 Å². The van der Waals surface area contributed by atoms with Crippen LogP contribution in [0.3, 0.4) is 0 Å². The molecule has 0 amide bonds. The third-order valence-corrected chi connectivity index (χ3v) is 4.29. The molecule has 0 spiro atoms. The van der Waals surface area contributed by atoms with Crippen LogP contribution in [0.15, 0.2) is 42.7 Å². The Balaban J connectivity index is 1.59. The first-order valence-electron chi connectivity index (χ1n) is 8.34. The molecule has 0 bridgehead atoms. The summed E-state index contributed by atoms with van der Waals surface area (Å²) in [5.41, 5.74) is 1.56. The highest BCUT2D eigenvalue weighted by Gasteiger charge is 2.29. The third-order valence-electron chi connectivity index (χ3n) is 4.29. The van der Waals surface area contributed by atoms with Crippen molar-refractivity contribution in [3.05, 3.63) is 48.3 Å². The van der Waals surface area contributed by atoms with Crippen molar-refractivity contribution < 1.29 is 13.2 Å². The van der Waals surface area contributed by atoms with E-state index in [1.807, 2.05) is 6.07 Å². The molecule has 1 aromatic heterocycles. The fourth-order valence-corrected chi connectivity index (χ4v) is 2.86. The molecular weight excluding hydrogens is 329 g/mol. The fraction of sp³-hybridized carbons (Fsp3) is 0.389. The number of anilines is 3. The van der Waals surface area contributed by atoms with Crippen molar-refractivity contribution >= 4 is 17.1 Å². The lowest BCUT2D eigenvalue weighted by molar-refractivity contribution is -0.137. The second-order valence-electron chi connectivity index (χ2n) is 6.24. The maximum atomic E-state index is 12.6. The molecular formula is C18H21F3N4. The molecule has 1 saturated heterocycles. The van der Waals surface area contributed by atoms with Gasteiger partial charge in [-0.2, -0.15) is 13.2 Å². The molecule has 0 aliphatic carbocycles. The number of hydrogen-bond donors (Lipinski definition) is 3. The van der Waals surface area contributed by atoms with E-state index in [-0.39, 0.29) is 0 Å². The molecule has 7 heteroatoms. The number of nitrogens with one attached hydrogen (secondary N) is 3. The van der Waals surface area contributed by atoms with E-state index in [2.05, 4.69) is 20.9 Å². The molecule has 0 saturated carbocycles. The zero-order valence-corrected chi connectivity index (χ0v) is 13.7. The smallest absolute Gasteiger partial charge is 0.383 e. The van der Waals surface area contributed by atoms with E-state index in [0.717, 1.165) is 56.0 Å². The summed E-state index contributed by atoms with van der Waals surface area (Å²) in [4.78, 5) is 4.18. The Bertz CT molecular complexity index is 679. The highest BCUT2D eigenvalue weighted by atomic mass is 19.4. The van der Waals surface area contributed by atoms with Crippen LogP contribution < -0.4 is 16.0 Å². The Kier molecular flexibility index (Phi) is 5.43. The van der Waals surface area contributed by atoms with E-state index < -0.39 is 11.7 Å². The highest BCUT2D eigenvalue weighted by molar-refractivity contribution is 5.63. The van der Waals surface area contributed by atoms with Crippen LogP contribution in [0.25, 0.3) is 0 Å². The van der Waals surface area contributed by atoms with Crippen LogP contribution >= 0.6 is 0 Å². The topological polar surface area (TPSA) is 49.0 Å². The number of rotatable bonds is 5. The minimum atomic E-state index is -4.32. The average molecular weight is 350 g/mol. The monoisotopic (exact) mass is 350 g/mol. The zero-order valence-electron chi connectivity index (χ0n) is 13.7. The molecule has 1 fully saturated rings. The number of aromatic nitrogens is 1. The number of nitrogens with zero attached hydrogens (tertiary/aromatic N) is 1. The number of pyridine rings is 1. The number of benzene rings is 1. The van der Waals surface area contributed by atoms with Gasteiger partial charge in [-0.15, -0.1) is 0 Å². The lowest BCUT2D eigenvalue weighted by Gasteiger charge is -2.23. The Labute approximate surface area is 144 Å². The molecule has 1 aliphatic heterocycles. The molecule has 0 unspecified atom stereocenters. The largest absolute Gasteiger partial charge is 0.416 e. The van der Waals surface area contributed by atoms with Gasteiger partial charge in [-0.25, -0.2) is 0 Å². The van der Waals surface area contributed by atoms with E-state index in [1.54, 1.807) is 12.4 Å². The van der Waals surface area contributed by atoms with Gasteiger partial charge in [0.1, 0.15) is 0 Å². The summed E-state index contributed by atoms with van der Waals surface area (Å²) in [6, 6.07) is 6.87. The first-order valence-corrected chi connectivity index (χ1v) is 8.34. The van der Waals surface area contributed by atoms with Gasteiger partial charge in [0.05, 0.1) is 29.3 Å². The maximum absolute atomic E-state index is 12.6. The molecule has 0 atom stereocenters. The standard InChI is InChI=1S/C18H21F3N4/c19-18(20,21)14-1-3-15(4-2-14)25-17-9-16(11-23-12-17)24-10-13-5-7-22-8-6-13/h1-4,9,11-13,22,24-25H,5-8,10H2. The second kappa shape index (κ2) is 7.74. The normalized spacial score (nSPS) is 15.8. The Hall–Kier alpha value is -2.28. The molecule has 134 valence electrons. The van der Waals surface area contributed by atoms with Crippen LogP contribution in [-0.4, -0.2) is 24.6 Å². The number of alkyl halides is 3. The first kappa shape index (κ1) is 17.5. The van der Waals surface area contributed by atoms with Gasteiger partial charge in [0.15, 0.2) is 0 Å². The van der Waals surface area contributed by atoms with Crippen molar-refractivity contribution in [2.75, 3.05) is 30.3 Å². The summed E-state index contributed by atoms with van der Waals surface area (Å²) in [6.07, 6.45) is 1.39. The first-order chi connectivity index (χ1) is 12.0. The van der Waals surface area contributed by atoms with Crippen molar-refractivity contribution in [1.29, 1.82) is 0 Å². The fourth-order valence-electron chi connectivity index (χ4n) is 2.86. The Morgan fingerprint density at radius 3 is 2.36 bits per heavy atom. The number of hydrogen-bond acceptors (Lipinski definition) is 4. The molecule has 3 N–H and O–H groups in total. The van der Waals surface area contributed by atoms with Crippen molar-refractivity contribution in [2.24, 2.45) is 5.92 Å². The van der Waals surface area contributed by atoms with Gasteiger partial charge in [-0.3, -0.25) is 4.98 Å². The molecule has 3 rings (SSSR count). The van der Waals surface area contributed by atoms with Crippen molar-refractivity contribution in [3.8, 4) is 0 Å². The molecule has 2 aromatic rings. The molecule has 0 radical (unpaired) electrons. The van der Waals surface area contributed by atoms with Gasteiger partial charge in [-0.1, -0.05) is 0 Å². The van der Waals surface area contributed by atoms with Gasteiger partial charge in [0.25, 0.3) is 0 Å². The summed E-state index contributed by atoms with van der Waals surface area (Å²) < 4.78 is 37.8. The average Bonchev–Trinajstić information content (AvgIpc) is 2.61. The summed E-state index contributed by atoms with van der Waals surface area (Å²) >= 11 is 0. The molecule has 2 heterocycles. The minimum Gasteiger partial charge on any atom is -0.383 e. The van der Waals surface area contributed by atoms with Crippen LogP contribution in [0.5, 0.6) is 0 Å². The van der Waals surface area contributed by atoms with Crippen molar-refractivity contribution in [3.63, 3.8) is 0 Å². The molecule has 1 aliphatic rings. The van der Waals surface area contributed by atoms with E-state index in [9.17, 15) is 13.2 Å². The van der Waals surface area contributed by atoms with Crippen molar-refractivity contribution in [2.45, 2.75) is 19.0 Å². The van der Waals surface area contributed by atoms with Gasteiger partial charge in [0, 0.05) is 12.2 Å². The summed E-state index contributed by atoms with van der Waals surface area (Å²) in [7, 11) is 0. The molecule has 4 nitrogen and oxygen atoms in total. The summed E-state index contributed by atoms with van der Waals surface area (Å²) in [6.45, 7) is 3.01. The van der Waals surface area contributed by atoms with Gasteiger partial charge in [0.2, 0.25) is 0 Å². The second-order valence-corrected chi connectivity index (χ2v) is 6.24. The molecule has 25 heavy (non-hydrogen) atoms. The van der Waals surface area contributed by atoms with E-state index in [0.29, 0.717) is 11.6 Å².